The fourth-order valence-electron chi connectivity index (χ4n) is 3.59. The van der Waals surface area contributed by atoms with Crippen molar-refractivity contribution >= 4 is 23.1 Å². The van der Waals surface area contributed by atoms with Gasteiger partial charge in [-0.15, -0.1) is 0 Å². The van der Waals surface area contributed by atoms with Gasteiger partial charge in [-0.3, -0.25) is 4.79 Å². The Labute approximate surface area is 177 Å². The maximum absolute atomic E-state index is 13.5. The number of carbonyl (C=O) groups is 1. The molecule has 2 aromatic rings. The number of ketones is 1. The lowest BCUT2D eigenvalue weighted by Crippen LogP contribution is -2.47. The summed E-state index contributed by atoms with van der Waals surface area (Å²) < 4.78 is 11.1. The molecule has 6 heteroatoms. The number of allylic oxidation sites excluding steroid dienone is 1. The third-order valence-electron chi connectivity index (χ3n) is 5.01. The van der Waals surface area contributed by atoms with Crippen molar-refractivity contribution in [3.63, 3.8) is 0 Å². The number of rotatable bonds is 7. The lowest BCUT2D eigenvalue weighted by Gasteiger charge is -2.37. The number of ether oxygens (including phenoxy) is 2. The van der Waals surface area contributed by atoms with Crippen molar-refractivity contribution in [1.82, 2.24) is 10.2 Å². The van der Waals surface area contributed by atoms with E-state index in [2.05, 4.69) is 5.32 Å². The Morgan fingerprint density at radius 2 is 1.86 bits per heavy atom. The van der Waals surface area contributed by atoms with Gasteiger partial charge in [0.05, 0.1) is 19.8 Å². The summed E-state index contributed by atoms with van der Waals surface area (Å²) in [4.78, 5) is 15.4. The number of thiocarbonyl (C=S) groups is 1. The van der Waals surface area contributed by atoms with Crippen LogP contribution >= 0.6 is 12.2 Å². The highest BCUT2D eigenvalue weighted by molar-refractivity contribution is 7.80. The number of Topliss-reactive ketones (excluding diaryl/α,β-unsaturated/α-hetero) is 1. The standard InChI is InChI=1S/C23H26N2O3S/c1-5-25-15(3)20(22(26)16-10-8-7-9-11-16)21(24-23(25)29)17-12-13-18(28-6-2)19(14-17)27-4/h7-14,21H,5-6H2,1-4H3,(H,24,29). The van der Waals surface area contributed by atoms with E-state index in [1.807, 2.05) is 74.2 Å². The van der Waals surface area contributed by atoms with Crippen LogP contribution in [0.3, 0.4) is 0 Å². The molecule has 0 fully saturated rings. The second-order valence-corrected chi connectivity index (χ2v) is 7.05. The highest BCUT2D eigenvalue weighted by Crippen LogP contribution is 2.37. The molecule has 0 amide bonds. The van der Waals surface area contributed by atoms with Gasteiger partial charge in [-0.05, 0) is 50.7 Å². The summed E-state index contributed by atoms with van der Waals surface area (Å²) in [5, 5.41) is 3.95. The van der Waals surface area contributed by atoms with Crippen LogP contribution in [0.25, 0.3) is 0 Å². The van der Waals surface area contributed by atoms with Crippen molar-refractivity contribution in [1.29, 1.82) is 0 Å². The van der Waals surface area contributed by atoms with Gasteiger partial charge >= 0.3 is 0 Å². The molecule has 0 aromatic heterocycles. The first kappa shape index (κ1) is 20.9. The van der Waals surface area contributed by atoms with Crippen molar-refractivity contribution < 1.29 is 14.3 Å². The Bertz CT molecular complexity index is 940. The first-order valence-corrected chi connectivity index (χ1v) is 10.1. The highest BCUT2D eigenvalue weighted by Gasteiger charge is 2.34. The molecule has 5 nitrogen and oxygen atoms in total. The molecule has 1 atom stereocenters. The maximum Gasteiger partial charge on any atom is 0.193 e. The largest absolute Gasteiger partial charge is 0.493 e. The Morgan fingerprint density at radius 1 is 1.14 bits per heavy atom. The summed E-state index contributed by atoms with van der Waals surface area (Å²) in [6.07, 6.45) is 0. The van der Waals surface area contributed by atoms with Crippen LogP contribution in [0, 0.1) is 0 Å². The number of hydrogen-bond donors (Lipinski definition) is 1. The van der Waals surface area contributed by atoms with Gasteiger partial charge < -0.3 is 19.7 Å². The fourth-order valence-corrected chi connectivity index (χ4v) is 3.97. The minimum absolute atomic E-state index is 0.0191. The molecule has 1 N–H and O–H groups in total. The van der Waals surface area contributed by atoms with Gasteiger partial charge in [0.15, 0.2) is 22.4 Å². The molecule has 2 aromatic carbocycles. The minimum atomic E-state index is -0.373. The minimum Gasteiger partial charge on any atom is -0.493 e. The van der Waals surface area contributed by atoms with Gasteiger partial charge in [-0.25, -0.2) is 0 Å². The van der Waals surface area contributed by atoms with E-state index in [0.717, 1.165) is 11.3 Å². The summed E-state index contributed by atoms with van der Waals surface area (Å²) in [5.41, 5.74) is 3.08. The molecule has 1 heterocycles. The first-order valence-electron chi connectivity index (χ1n) is 9.71. The average molecular weight is 411 g/mol. The third kappa shape index (κ3) is 4.12. The Balaban J connectivity index is 2.12. The maximum atomic E-state index is 13.5. The summed E-state index contributed by atoms with van der Waals surface area (Å²) in [6, 6.07) is 14.7. The van der Waals surface area contributed by atoms with Crippen molar-refractivity contribution in [3.05, 3.63) is 70.9 Å². The Hall–Kier alpha value is -2.86. The van der Waals surface area contributed by atoms with E-state index in [0.29, 0.717) is 40.9 Å². The molecule has 1 unspecified atom stereocenters. The quantitative estimate of drug-likeness (QED) is 0.536. The average Bonchev–Trinajstić information content (AvgIpc) is 2.74. The number of carbonyl (C=O) groups excluding carboxylic acids is 1. The second-order valence-electron chi connectivity index (χ2n) is 6.66. The van der Waals surface area contributed by atoms with Crippen LogP contribution in [-0.2, 0) is 0 Å². The highest BCUT2D eigenvalue weighted by atomic mass is 32.1. The van der Waals surface area contributed by atoms with E-state index < -0.39 is 0 Å². The van der Waals surface area contributed by atoms with Gasteiger partial charge in [0.1, 0.15) is 0 Å². The lowest BCUT2D eigenvalue weighted by atomic mass is 9.89. The van der Waals surface area contributed by atoms with E-state index in [-0.39, 0.29) is 11.8 Å². The van der Waals surface area contributed by atoms with Crippen LogP contribution in [0.1, 0.15) is 42.7 Å². The normalized spacial score (nSPS) is 16.5. The van der Waals surface area contributed by atoms with Crippen LogP contribution in [0.15, 0.2) is 59.8 Å². The van der Waals surface area contributed by atoms with Crippen LogP contribution in [-0.4, -0.2) is 36.1 Å². The zero-order chi connectivity index (χ0) is 21.0. The summed E-state index contributed by atoms with van der Waals surface area (Å²) in [5.74, 6) is 1.28. The van der Waals surface area contributed by atoms with Crippen molar-refractivity contribution in [2.75, 3.05) is 20.3 Å². The number of nitrogens with zero attached hydrogens (tertiary/aromatic N) is 1. The summed E-state index contributed by atoms with van der Waals surface area (Å²) >= 11 is 5.58. The van der Waals surface area contributed by atoms with Gasteiger partial charge in [0.2, 0.25) is 0 Å². The number of hydrogen-bond acceptors (Lipinski definition) is 4. The van der Waals surface area contributed by atoms with Crippen LogP contribution in [0.5, 0.6) is 11.5 Å². The van der Waals surface area contributed by atoms with Crippen molar-refractivity contribution in [3.8, 4) is 11.5 Å². The lowest BCUT2D eigenvalue weighted by molar-refractivity contribution is 0.102. The van der Waals surface area contributed by atoms with Crippen molar-refractivity contribution in [2.45, 2.75) is 26.8 Å². The molecule has 0 radical (unpaired) electrons. The van der Waals surface area contributed by atoms with Gasteiger partial charge in [-0.2, -0.15) is 0 Å². The van der Waals surface area contributed by atoms with E-state index in [1.165, 1.54) is 0 Å². The Kier molecular flexibility index (Phi) is 6.54. The molecule has 0 spiro atoms. The fraction of sp³-hybridized carbons (Fsp3) is 0.304. The van der Waals surface area contributed by atoms with E-state index >= 15 is 0 Å². The predicted octanol–water partition coefficient (Wildman–Crippen LogP) is 4.50. The molecule has 3 rings (SSSR count). The van der Waals surface area contributed by atoms with E-state index in [9.17, 15) is 4.79 Å². The SMILES string of the molecule is CCOc1ccc(C2NC(=S)N(CC)C(C)=C2C(=O)c2ccccc2)cc1OC. The topological polar surface area (TPSA) is 50.8 Å². The third-order valence-corrected chi connectivity index (χ3v) is 5.35. The number of nitrogens with one attached hydrogen (secondary N) is 1. The molecule has 29 heavy (non-hydrogen) atoms. The second kappa shape index (κ2) is 9.09. The van der Waals surface area contributed by atoms with Crippen LogP contribution in [0.4, 0.5) is 0 Å². The molecule has 0 aliphatic carbocycles. The van der Waals surface area contributed by atoms with E-state index in [4.69, 9.17) is 21.7 Å². The summed E-state index contributed by atoms with van der Waals surface area (Å²) in [6.45, 7) is 7.12. The number of methoxy groups -OCH3 is 1. The smallest absolute Gasteiger partial charge is 0.193 e. The van der Waals surface area contributed by atoms with Crippen LogP contribution in [0.2, 0.25) is 0 Å². The molecule has 0 saturated carbocycles. The molecule has 1 aliphatic rings. The summed E-state index contributed by atoms with van der Waals surface area (Å²) in [7, 11) is 1.61. The molecule has 152 valence electrons. The Morgan fingerprint density at radius 3 is 2.48 bits per heavy atom. The molecular formula is C23H26N2O3S. The first-order chi connectivity index (χ1) is 14.0. The van der Waals surface area contributed by atoms with Crippen LogP contribution < -0.4 is 14.8 Å². The molecule has 1 aliphatic heterocycles. The monoisotopic (exact) mass is 410 g/mol. The van der Waals surface area contributed by atoms with Gasteiger partial charge in [-0.1, -0.05) is 36.4 Å². The molecule has 0 bridgehead atoms. The molecular weight excluding hydrogens is 384 g/mol. The van der Waals surface area contributed by atoms with E-state index in [1.54, 1.807) is 7.11 Å². The number of benzene rings is 2. The molecule has 0 saturated heterocycles. The van der Waals surface area contributed by atoms with Gasteiger partial charge in [0, 0.05) is 23.4 Å². The van der Waals surface area contributed by atoms with Gasteiger partial charge in [0.25, 0.3) is 0 Å². The zero-order valence-corrected chi connectivity index (χ0v) is 18.0. The van der Waals surface area contributed by atoms with Crippen molar-refractivity contribution in [2.24, 2.45) is 0 Å². The predicted molar refractivity (Wildman–Crippen MR) is 118 cm³/mol. The zero-order valence-electron chi connectivity index (χ0n) is 17.2.